The predicted molar refractivity (Wildman–Crippen MR) is 42.5 cm³/mol. The van der Waals surface area contributed by atoms with Gasteiger partial charge in [0.15, 0.2) is 0 Å². The minimum Gasteiger partial charge on any atom is -1.00 e. The smallest absolute Gasteiger partial charge is 0.0981 e. The normalized spacial score (nSPS) is 12.7. The van der Waals surface area contributed by atoms with Crippen molar-refractivity contribution in [1.82, 2.24) is 0 Å². The minimum absolute atomic E-state index is 0. The van der Waals surface area contributed by atoms with Gasteiger partial charge in [0.05, 0.1) is 27.7 Å². The summed E-state index contributed by atoms with van der Waals surface area (Å²) in [6.45, 7) is 2.90. The fraction of sp³-hybridized carbons (Fsp3) is 0.714. The van der Waals surface area contributed by atoms with Crippen molar-refractivity contribution in [1.29, 1.82) is 0 Å². The zero-order valence-electron chi connectivity index (χ0n) is 6.99. The van der Waals surface area contributed by atoms with Crippen LogP contribution in [0, 0.1) is 0 Å². The quantitative estimate of drug-likeness (QED) is 0.475. The number of rotatable bonds is 2. The molecule has 62 valence electrons. The van der Waals surface area contributed by atoms with Crippen LogP contribution in [0.25, 0.3) is 0 Å². The van der Waals surface area contributed by atoms with Crippen LogP contribution in [0.4, 0.5) is 0 Å². The molecule has 0 aliphatic heterocycles. The summed E-state index contributed by atoms with van der Waals surface area (Å²) < 4.78 is 0.935. The molecule has 0 aliphatic rings. The fourth-order valence-corrected chi connectivity index (χ4v) is 0.469. The van der Waals surface area contributed by atoms with Crippen LogP contribution in [0.15, 0.2) is 11.1 Å². The van der Waals surface area contributed by atoms with Gasteiger partial charge in [-0.3, -0.25) is 0 Å². The zero-order chi connectivity index (χ0) is 7.49. The highest BCUT2D eigenvalue weighted by Gasteiger charge is 2.01. The number of quaternary nitrogens is 1. The first kappa shape index (κ1) is 12.9. The average Bonchev–Trinajstić information content (AvgIpc) is 1.59. The monoisotopic (exact) mass is 183 g/mol. The van der Waals surface area contributed by atoms with Crippen LogP contribution < -0.4 is 12.4 Å². The van der Waals surface area contributed by atoms with E-state index in [4.69, 9.17) is 11.6 Å². The number of allylic oxidation sites excluding steroid dienone is 1. The molecule has 0 amide bonds. The second-order valence-electron chi connectivity index (χ2n) is 3.26. The van der Waals surface area contributed by atoms with E-state index in [2.05, 4.69) is 21.1 Å². The van der Waals surface area contributed by atoms with E-state index < -0.39 is 0 Å². The van der Waals surface area contributed by atoms with Crippen LogP contribution in [0.3, 0.4) is 0 Å². The van der Waals surface area contributed by atoms with Crippen molar-refractivity contribution >= 4 is 11.6 Å². The Kier molecular flexibility index (Phi) is 6.46. The highest BCUT2D eigenvalue weighted by molar-refractivity contribution is 6.29. The molecule has 0 N–H and O–H groups in total. The molecule has 0 saturated heterocycles. The molecule has 3 heteroatoms. The molecule has 0 unspecified atom stereocenters. The van der Waals surface area contributed by atoms with E-state index >= 15 is 0 Å². The lowest BCUT2D eigenvalue weighted by molar-refractivity contribution is -0.864. The van der Waals surface area contributed by atoms with Crippen molar-refractivity contribution in [3.63, 3.8) is 0 Å². The first-order valence-corrected chi connectivity index (χ1v) is 3.42. The fourth-order valence-electron chi connectivity index (χ4n) is 0.400. The van der Waals surface area contributed by atoms with Crippen LogP contribution in [0.5, 0.6) is 0 Å². The van der Waals surface area contributed by atoms with E-state index in [0.29, 0.717) is 0 Å². The van der Waals surface area contributed by atoms with E-state index in [0.717, 1.165) is 16.1 Å². The first-order chi connectivity index (χ1) is 3.92. The third-order valence-electron chi connectivity index (χ3n) is 0.920. The zero-order valence-corrected chi connectivity index (χ0v) is 8.50. The van der Waals surface area contributed by atoms with E-state index in [1.54, 1.807) is 0 Å². The molecule has 0 spiro atoms. The number of hydrogen-bond acceptors (Lipinski definition) is 0. The van der Waals surface area contributed by atoms with Gasteiger partial charge in [-0.15, -0.1) is 0 Å². The molecule has 0 heterocycles. The standard InChI is InChI=1S/C7H15ClN.ClH/c1-7(8)5-6-9(2,3)4;/h5H,6H2,1-4H3;1H/q+1;/p-1/b7-5+;. The topological polar surface area (TPSA) is 0 Å². The van der Waals surface area contributed by atoms with Crippen molar-refractivity contribution in [3.05, 3.63) is 11.1 Å². The Bertz CT molecular complexity index is 109. The second-order valence-corrected chi connectivity index (χ2v) is 3.86. The van der Waals surface area contributed by atoms with E-state index in [1.807, 2.05) is 13.0 Å². The van der Waals surface area contributed by atoms with Gasteiger partial charge in [-0.25, -0.2) is 0 Å². The third-order valence-corrected chi connectivity index (χ3v) is 1.07. The Hall–Kier alpha value is 0.280. The molecule has 0 rings (SSSR count). The van der Waals surface area contributed by atoms with Crippen LogP contribution in [-0.2, 0) is 0 Å². The summed E-state index contributed by atoms with van der Waals surface area (Å²) in [5, 5.41) is 0.878. The summed E-state index contributed by atoms with van der Waals surface area (Å²) in [5.74, 6) is 0. The van der Waals surface area contributed by atoms with Gasteiger partial charge in [0.1, 0.15) is 0 Å². The molecule has 0 aromatic carbocycles. The lowest BCUT2D eigenvalue weighted by Gasteiger charge is -2.21. The number of likely N-dealkylation sites (N-methyl/N-ethyl adjacent to an activating group) is 1. The lowest BCUT2D eigenvalue weighted by atomic mass is 10.4. The van der Waals surface area contributed by atoms with Gasteiger partial charge >= 0.3 is 0 Å². The predicted octanol–water partition coefficient (Wildman–Crippen LogP) is -1.16. The van der Waals surface area contributed by atoms with Crippen molar-refractivity contribution in [2.45, 2.75) is 6.92 Å². The highest BCUT2D eigenvalue weighted by atomic mass is 35.5. The Morgan fingerprint density at radius 3 is 1.90 bits per heavy atom. The Balaban J connectivity index is 0. The number of nitrogens with zero attached hydrogens (tertiary/aromatic N) is 1. The van der Waals surface area contributed by atoms with Crippen molar-refractivity contribution in [2.75, 3.05) is 27.7 Å². The van der Waals surface area contributed by atoms with Gasteiger partial charge in [-0.1, -0.05) is 11.6 Å². The summed E-state index contributed by atoms with van der Waals surface area (Å²) in [5.41, 5.74) is 0. The first-order valence-electron chi connectivity index (χ1n) is 3.04. The molecule has 0 aromatic rings. The second kappa shape index (κ2) is 5.00. The van der Waals surface area contributed by atoms with Crippen LogP contribution in [-0.4, -0.2) is 32.2 Å². The molecule has 0 atom stereocenters. The molecule has 1 nitrogen and oxygen atoms in total. The summed E-state index contributed by atoms with van der Waals surface area (Å²) >= 11 is 5.63. The maximum Gasteiger partial charge on any atom is 0.0981 e. The summed E-state index contributed by atoms with van der Waals surface area (Å²) in [7, 11) is 6.41. The van der Waals surface area contributed by atoms with Crippen molar-refractivity contribution in [2.24, 2.45) is 0 Å². The molecule has 0 bridgehead atoms. The number of halogens is 2. The molecular weight excluding hydrogens is 169 g/mol. The van der Waals surface area contributed by atoms with Crippen LogP contribution in [0.1, 0.15) is 6.92 Å². The van der Waals surface area contributed by atoms with Gasteiger partial charge in [0, 0.05) is 5.03 Å². The summed E-state index contributed by atoms with van der Waals surface area (Å²) in [6, 6.07) is 0. The minimum atomic E-state index is 0. The Morgan fingerprint density at radius 2 is 1.80 bits per heavy atom. The van der Waals surface area contributed by atoms with E-state index in [1.165, 1.54) is 0 Å². The van der Waals surface area contributed by atoms with Crippen LogP contribution >= 0.6 is 11.6 Å². The highest BCUT2D eigenvalue weighted by Crippen LogP contribution is 1.99. The third kappa shape index (κ3) is 11.1. The Morgan fingerprint density at radius 1 is 1.40 bits per heavy atom. The van der Waals surface area contributed by atoms with Gasteiger partial charge in [-0.2, -0.15) is 0 Å². The molecule has 0 saturated carbocycles. The maximum absolute atomic E-state index is 5.63. The van der Waals surface area contributed by atoms with E-state index in [-0.39, 0.29) is 12.4 Å². The largest absolute Gasteiger partial charge is 1.00 e. The van der Waals surface area contributed by atoms with Gasteiger partial charge in [0.2, 0.25) is 0 Å². The molecule has 0 fully saturated rings. The molecule has 0 aliphatic carbocycles. The van der Waals surface area contributed by atoms with Gasteiger partial charge < -0.3 is 16.9 Å². The van der Waals surface area contributed by atoms with Crippen LogP contribution in [0.2, 0.25) is 0 Å². The van der Waals surface area contributed by atoms with Crippen molar-refractivity contribution < 1.29 is 16.9 Å². The average molecular weight is 184 g/mol. The van der Waals surface area contributed by atoms with Gasteiger partial charge in [-0.05, 0) is 13.0 Å². The summed E-state index contributed by atoms with van der Waals surface area (Å²) in [6.07, 6.45) is 2.03. The maximum atomic E-state index is 5.63. The lowest BCUT2D eigenvalue weighted by Crippen LogP contribution is -3.00. The molecule has 0 aromatic heterocycles. The Labute approximate surface area is 74.7 Å². The van der Waals surface area contributed by atoms with Gasteiger partial charge in [0.25, 0.3) is 0 Å². The van der Waals surface area contributed by atoms with Crippen molar-refractivity contribution in [3.8, 4) is 0 Å². The summed E-state index contributed by atoms with van der Waals surface area (Å²) in [4.78, 5) is 0. The number of hydrogen-bond donors (Lipinski definition) is 0. The SMILES string of the molecule is C/C(Cl)=C\C[N+](C)(C)C.[Cl-]. The molecule has 10 heavy (non-hydrogen) atoms. The molecule has 0 radical (unpaired) electrons. The van der Waals surface area contributed by atoms with E-state index in [9.17, 15) is 0 Å². The molecular formula is C7H15Cl2N.